The second-order valence-corrected chi connectivity index (χ2v) is 7.56. The third kappa shape index (κ3) is 2.89. The highest BCUT2D eigenvalue weighted by Gasteiger charge is 2.31. The van der Waals surface area contributed by atoms with Gasteiger partial charge in [0.25, 0.3) is 0 Å². The van der Waals surface area contributed by atoms with Gasteiger partial charge < -0.3 is 14.8 Å². The van der Waals surface area contributed by atoms with Gasteiger partial charge in [0.2, 0.25) is 5.89 Å². The maximum atomic E-state index is 11.9. The minimum Gasteiger partial charge on any atom is -0.465 e. The Balaban J connectivity index is 2.01. The second kappa shape index (κ2) is 5.82. The molecule has 0 spiro atoms. The van der Waals surface area contributed by atoms with Crippen LogP contribution in [0.2, 0.25) is 0 Å². The Hall–Kier alpha value is -2.13. The number of nitrogens with one attached hydrogen (secondary N) is 1. The number of rotatable bonds is 3. The van der Waals surface area contributed by atoms with Gasteiger partial charge in [0, 0.05) is 19.6 Å². The van der Waals surface area contributed by atoms with Crippen molar-refractivity contribution in [3.05, 3.63) is 24.1 Å². The van der Waals surface area contributed by atoms with E-state index in [1.807, 2.05) is 0 Å². The van der Waals surface area contributed by atoms with E-state index in [0.717, 1.165) is 0 Å². The number of hydrogen-bond acceptors (Lipinski definition) is 6. The lowest BCUT2D eigenvalue weighted by Crippen LogP contribution is -2.48. The molecule has 1 unspecified atom stereocenters. The molecule has 1 fully saturated rings. The molecule has 0 bridgehead atoms. The molecule has 23 heavy (non-hydrogen) atoms. The smallest absolute Gasteiger partial charge is 0.408 e. The largest absolute Gasteiger partial charge is 0.465 e. The standard InChI is InChI=1S/C14H17N3O5S/c1-2-23(20,21)9-3-4-12-10(7-9)16-13(22-12)11-8-15-5-6-17(11)14(18)19/h3-4,7,11,15H,2,5-6,8H2,1H3,(H,18,19). The van der Waals surface area contributed by atoms with Crippen LogP contribution in [-0.4, -0.2) is 54.9 Å². The molecule has 124 valence electrons. The van der Waals surface area contributed by atoms with Crippen LogP contribution in [0.1, 0.15) is 18.9 Å². The van der Waals surface area contributed by atoms with Gasteiger partial charge in [0.15, 0.2) is 15.4 Å². The monoisotopic (exact) mass is 339 g/mol. The lowest BCUT2D eigenvalue weighted by molar-refractivity contribution is 0.103. The lowest BCUT2D eigenvalue weighted by Gasteiger charge is -2.31. The molecular weight excluding hydrogens is 322 g/mol. The van der Waals surface area contributed by atoms with E-state index in [1.54, 1.807) is 13.0 Å². The highest BCUT2D eigenvalue weighted by molar-refractivity contribution is 7.91. The summed E-state index contributed by atoms with van der Waals surface area (Å²) in [5.74, 6) is 0.267. The Labute approximate surface area is 133 Å². The molecule has 0 saturated carbocycles. The summed E-state index contributed by atoms with van der Waals surface area (Å²) in [7, 11) is -3.33. The summed E-state index contributed by atoms with van der Waals surface area (Å²) >= 11 is 0. The van der Waals surface area contributed by atoms with Crippen LogP contribution in [0.15, 0.2) is 27.5 Å². The minimum atomic E-state index is -3.33. The molecule has 9 heteroatoms. The van der Waals surface area contributed by atoms with Crippen molar-refractivity contribution in [2.24, 2.45) is 0 Å². The number of fused-ring (bicyclic) bond motifs is 1. The van der Waals surface area contributed by atoms with Crippen LogP contribution < -0.4 is 5.32 Å². The van der Waals surface area contributed by atoms with Crippen LogP contribution >= 0.6 is 0 Å². The SMILES string of the molecule is CCS(=O)(=O)c1ccc2oc(C3CNCCN3C(=O)O)nc2c1. The highest BCUT2D eigenvalue weighted by Crippen LogP contribution is 2.27. The van der Waals surface area contributed by atoms with Gasteiger partial charge in [-0.15, -0.1) is 0 Å². The molecule has 1 atom stereocenters. The summed E-state index contributed by atoms with van der Waals surface area (Å²) < 4.78 is 29.5. The fraction of sp³-hybridized carbons (Fsp3) is 0.429. The van der Waals surface area contributed by atoms with Crippen LogP contribution in [0.5, 0.6) is 0 Å². The summed E-state index contributed by atoms with van der Waals surface area (Å²) in [6.45, 7) is 2.89. The van der Waals surface area contributed by atoms with Gasteiger partial charge in [-0.3, -0.25) is 4.90 Å². The first kappa shape index (κ1) is 15.8. The molecule has 1 aliphatic rings. The van der Waals surface area contributed by atoms with Crippen LogP contribution in [0.25, 0.3) is 11.1 Å². The lowest BCUT2D eigenvalue weighted by atomic mass is 10.2. The van der Waals surface area contributed by atoms with Gasteiger partial charge in [0.05, 0.1) is 10.6 Å². The quantitative estimate of drug-likeness (QED) is 0.865. The number of oxazole rings is 1. The number of aromatic nitrogens is 1. The van der Waals surface area contributed by atoms with Gasteiger partial charge in [0.1, 0.15) is 11.6 Å². The number of nitrogens with zero attached hydrogens (tertiary/aromatic N) is 2. The summed E-state index contributed by atoms with van der Waals surface area (Å²) in [5.41, 5.74) is 0.844. The van der Waals surface area contributed by atoms with Crippen molar-refractivity contribution < 1.29 is 22.7 Å². The van der Waals surface area contributed by atoms with E-state index in [4.69, 9.17) is 4.42 Å². The van der Waals surface area contributed by atoms with Crippen LogP contribution in [0.4, 0.5) is 4.79 Å². The van der Waals surface area contributed by atoms with E-state index in [1.165, 1.54) is 17.0 Å². The van der Waals surface area contributed by atoms with E-state index in [2.05, 4.69) is 10.3 Å². The van der Waals surface area contributed by atoms with Crippen LogP contribution in [0.3, 0.4) is 0 Å². The van der Waals surface area contributed by atoms with Crippen molar-refractivity contribution in [3.63, 3.8) is 0 Å². The zero-order valence-corrected chi connectivity index (χ0v) is 13.3. The van der Waals surface area contributed by atoms with E-state index in [0.29, 0.717) is 30.7 Å². The van der Waals surface area contributed by atoms with Gasteiger partial charge >= 0.3 is 6.09 Å². The summed E-state index contributed by atoms with van der Waals surface area (Å²) in [6, 6.07) is 3.96. The molecule has 2 heterocycles. The van der Waals surface area contributed by atoms with Crippen LogP contribution in [0, 0.1) is 0 Å². The van der Waals surface area contributed by atoms with E-state index >= 15 is 0 Å². The second-order valence-electron chi connectivity index (χ2n) is 5.28. The summed E-state index contributed by atoms with van der Waals surface area (Å²) in [6.07, 6.45) is -1.03. The predicted molar refractivity (Wildman–Crippen MR) is 82.1 cm³/mol. The maximum Gasteiger partial charge on any atom is 0.408 e. The summed E-state index contributed by atoms with van der Waals surface area (Å²) in [4.78, 5) is 17.1. The molecule has 8 nitrogen and oxygen atoms in total. The predicted octanol–water partition coefficient (Wildman–Crippen LogP) is 1.25. The molecule has 1 amide bonds. The molecular formula is C14H17N3O5S. The third-order valence-corrected chi connectivity index (χ3v) is 5.62. The number of benzene rings is 1. The molecule has 1 saturated heterocycles. The maximum absolute atomic E-state index is 11.9. The number of hydrogen-bond donors (Lipinski definition) is 2. The average molecular weight is 339 g/mol. The minimum absolute atomic E-state index is 0.00253. The molecule has 0 radical (unpaired) electrons. The van der Waals surface area contributed by atoms with Crippen LogP contribution in [-0.2, 0) is 9.84 Å². The number of piperazine rings is 1. The molecule has 3 rings (SSSR count). The first-order chi connectivity index (χ1) is 10.9. The number of sulfone groups is 1. The first-order valence-electron chi connectivity index (χ1n) is 7.26. The number of carboxylic acid groups (broad SMARTS) is 1. The van der Waals surface area contributed by atoms with Crippen molar-refractivity contribution in [1.82, 2.24) is 15.2 Å². The fourth-order valence-electron chi connectivity index (χ4n) is 2.58. The molecule has 2 aromatic rings. The van der Waals surface area contributed by atoms with E-state index < -0.39 is 22.0 Å². The Morgan fingerprint density at radius 2 is 2.30 bits per heavy atom. The zero-order chi connectivity index (χ0) is 16.6. The van der Waals surface area contributed by atoms with E-state index in [9.17, 15) is 18.3 Å². The summed E-state index contributed by atoms with van der Waals surface area (Å²) in [5, 5.41) is 12.4. The van der Waals surface area contributed by atoms with Gasteiger partial charge in [-0.1, -0.05) is 6.92 Å². The Bertz CT molecular complexity index is 845. The Morgan fingerprint density at radius 1 is 1.52 bits per heavy atom. The van der Waals surface area contributed by atoms with Gasteiger partial charge in [-0.2, -0.15) is 0 Å². The van der Waals surface area contributed by atoms with Crippen molar-refractivity contribution in [2.45, 2.75) is 17.9 Å². The normalized spacial score (nSPS) is 19.2. The highest BCUT2D eigenvalue weighted by atomic mass is 32.2. The molecule has 1 aromatic carbocycles. The van der Waals surface area contributed by atoms with Crippen molar-refractivity contribution in [3.8, 4) is 0 Å². The van der Waals surface area contributed by atoms with Crippen molar-refractivity contribution in [2.75, 3.05) is 25.4 Å². The Kier molecular flexibility index (Phi) is 3.99. The Morgan fingerprint density at radius 3 is 3.00 bits per heavy atom. The number of carbonyl (C=O) groups is 1. The van der Waals surface area contributed by atoms with Gasteiger partial charge in [-0.25, -0.2) is 18.2 Å². The molecule has 1 aromatic heterocycles. The zero-order valence-electron chi connectivity index (χ0n) is 12.5. The molecule has 1 aliphatic heterocycles. The molecule has 2 N–H and O–H groups in total. The van der Waals surface area contributed by atoms with E-state index in [-0.39, 0.29) is 16.5 Å². The molecule has 0 aliphatic carbocycles. The van der Waals surface area contributed by atoms with Gasteiger partial charge in [-0.05, 0) is 18.2 Å². The topological polar surface area (TPSA) is 113 Å². The average Bonchev–Trinajstić information content (AvgIpc) is 2.97. The van der Waals surface area contributed by atoms with Crippen molar-refractivity contribution in [1.29, 1.82) is 0 Å². The first-order valence-corrected chi connectivity index (χ1v) is 8.91. The fourth-order valence-corrected chi connectivity index (χ4v) is 3.48. The van der Waals surface area contributed by atoms with Crippen molar-refractivity contribution >= 4 is 27.0 Å². The number of amides is 1. The third-order valence-electron chi connectivity index (χ3n) is 3.89.